The van der Waals surface area contributed by atoms with Gasteiger partial charge in [0.1, 0.15) is 5.82 Å². The number of fused-ring (bicyclic) bond motifs is 1. The number of likely N-dealkylation sites (N-methyl/N-ethyl adjacent to an activating group) is 1. The van der Waals surface area contributed by atoms with Gasteiger partial charge in [0.05, 0.1) is 10.9 Å². The lowest BCUT2D eigenvalue weighted by Crippen LogP contribution is -2.51. The van der Waals surface area contributed by atoms with Crippen molar-refractivity contribution in [2.24, 2.45) is 5.92 Å². The van der Waals surface area contributed by atoms with E-state index in [4.69, 9.17) is 16.6 Å². The van der Waals surface area contributed by atoms with Gasteiger partial charge in [-0.15, -0.1) is 0 Å². The van der Waals surface area contributed by atoms with Gasteiger partial charge in [-0.3, -0.25) is 4.79 Å². The maximum atomic E-state index is 13.1. The Morgan fingerprint density at radius 1 is 1.06 bits per heavy atom. The maximum Gasteiger partial charge on any atom is 0.225 e. The molecule has 0 radical (unpaired) electrons. The number of carbonyl (C=O) groups is 1. The average Bonchev–Trinajstić information content (AvgIpc) is 2.92. The molecule has 2 fully saturated rings. The molecule has 9 heteroatoms. The Kier molecular flexibility index (Phi) is 7.29. The van der Waals surface area contributed by atoms with E-state index in [0.717, 1.165) is 86.0 Å². The van der Waals surface area contributed by atoms with Gasteiger partial charge in [-0.1, -0.05) is 36.7 Å². The number of carbonyl (C=O) groups excluding carboxylic acids is 1. The van der Waals surface area contributed by atoms with Crippen molar-refractivity contribution in [3.63, 3.8) is 0 Å². The highest BCUT2D eigenvalue weighted by molar-refractivity contribution is 6.31. The summed E-state index contributed by atoms with van der Waals surface area (Å²) in [4.78, 5) is 33.7. The van der Waals surface area contributed by atoms with Crippen molar-refractivity contribution in [3.05, 3.63) is 53.3 Å². The third kappa shape index (κ3) is 5.33. The summed E-state index contributed by atoms with van der Waals surface area (Å²) in [5.74, 6) is 1.87. The molecule has 8 nitrogen and oxygen atoms in total. The van der Waals surface area contributed by atoms with Gasteiger partial charge in [0.25, 0.3) is 0 Å². The summed E-state index contributed by atoms with van der Waals surface area (Å²) in [7, 11) is 0. The first kappa shape index (κ1) is 23.8. The van der Waals surface area contributed by atoms with Gasteiger partial charge < -0.3 is 20.0 Å². The van der Waals surface area contributed by atoms with Gasteiger partial charge in [0.2, 0.25) is 11.9 Å². The van der Waals surface area contributed by atoms with Gasteiger partial charge >= 0.3 is 0 Å². The number of amides is 1. The van der Waals surface area contributed by atoms with E-state index >= 15 is 0 Å². The molecular weight excluding hydrogens is 462 g/mol. The molecule has 5 rings (SSSR count). The Hall–Kier alpha value is -2.97. The molecule has 2 aliphatic rings. The molecular formula is C26H32ClN7O. The Morgan fingerprint density at radius 3 is 2.57 bits per heavy atom. The molecule has 0 aliphatic carbocycles. The molecule has 1 aromatic carbocycles. The first-order chi connectivity index (χ1) is 17.1. The van der Waals surface area contributed by atoms with Crippen LogP contribution >= 0.6 is 11.6 Å². The molecule has 2 aliphatic heterocycles. The topological polar surface area (TPSA) is 77.5 Å². The zero-order valence-electron chi connectivity index (χ0n) is 20.2. The normalized spacial score (nSPS) is 17.7. The van der Waals surface area contributed by atoms with Gasteiger partial charge in [-0.2, -0.15) is 0 Å². The highest BCUT2D eigenvalue weighted by Gasteiger charge is 2.31. The number of nitrogens with one attached hydrogen (secondary N) is 1. The number of anilines is 2. The first-order valence-corrected chi connectivity index (χ1v) is 12.9. The Balaban J connectivity index is 1.22. The summed E-state index contributed by atoms with van der Waals surface area (Å²) in [6.07, 6.45) is 5.34. The highest BCUT2D eigenvalue weighted by atomic mass is 35.5. The van der Waals surface area contributed by atoms with Crippen molar-refractivity contribution in [1.82, 2.24) is 24.8 Å². The summed E-state index contributed by atoms with van der Waals surface area (Å²) < 4.78 is 0. The van der Waals surface area contributed by atoms with E-state index < -0.39 is 0 Å². The largest absolute Gasteiger partial charge is 0.356 e. The van der Waals surface area contributed by atoms with Crippen LogP contribution in [0.25, 0.3) is 10.9 Å². The minimum atomic E-state index is 0.103. The number of piperazine rings is 1. The standard InChI is InChI=1S/C26H32ClN7O/c1-2-32-13-15-34(16-14-32)25(35)19-8-11-33(12-9-19)24-21-18-30-26(31-23(21)7-10-28-24)29-17-20-5-3-4-6-22(20)27/h3-7,10,18-19H,2,8-9,11-17H2,1H3,(H,29,30,31). The predicted molar refractivity (Wildman–Crippen MR) is 140 cm³/mol. The Labute approximate surface area is 211 Å². The number of halogens is 1. The zero-order chi connectivity index (χ0) is 24.2. The van der Waals surface area contributed by atoms with Crippen molar-refractivity contribution in [2.45, 2.75) is 26.3 Å². The number of aromatic nitrogens is 3. The van der Waals surface area contributed by atoms with E-state index in [-0.39, 0.29) is 5.92 Å². The van der Waals surface area contributed by atoms with E-state index in [1.807, 2.05) is 36.5 Å². The number of hydrogen-bond donors (Lipinski definition) is 1. The van der Waals surface area contributed by atoms with Crippen LogP contribution < -0.4 is 10.2 Å². The molecule has 35 heavy (non-hydrogen) atoms. The second-order valence-corrected chi connectivity index (χ2v) is 9.63. The van der Waals surface area contributed by atoms with Gasteiger partial charge in [-0.05, 0) is 37.1 Å². The third-order valence-electron chi connectivity index (χ3n) is 7.16. The fraction of sp³-hybridized carbons (Fsp3) is 0.462. The van der Waals surface area contributed by atoms with E-state index in [2.05, 4.69) is 36.9 Å². The Morgan fingerprint density at radius 2 is 1.83 bits per heavy atom. The summed E-state index contributed by atoms with van der Waals surface area (Å²) in [6.45, 7) is 9.07. The van der Waals surface area contributed by atoms with E-state index in [1.54, 1.807) is 6.20 Å². The molecule has 1 amide bonds. The van der Waals surface area contributed by atoms with Crippen molar-refractivity contribution in [1.29, 1.82) is 0 Å². The molecule has 0 spiro atoms. The van der Waals surface area contributed by atoms with Crippen LogP contribution in [0.1, 0.15) is 25.3 Å². The van der Waals surface area contributed by atoms with Gasteiger partial charge in [0, 0.05) is 69.1 Å². The minimum Gasteiger partial charge on any atom is -0.356 e. The highest BCUT2D eigenvalue weighted by Crippen LogP contribution is 2.29. The van der Waals surface area contributed by atoms with Crippen LogP contribution in [0.5, 0.6) is 0 Å². The van der Waals surface area contributed by atoms with Crippen molar-refractivity contribution >= 4 is 40.2 Å². The van der Waals surface area contributed by atoms with E-state index in [9.17, 15) is 4.79 Å². The van der Waals surface area contributed by atoms with Crippen LogP contribution in [0.2, 0.25) is 5.02 Å². The van der Waals surface area contributed by atoms with Crippen LogP contribution in [0.3, 0.4) is 0 Å². The quantitative estimate of drug-likeness (QED) is 0.561. The van der Waals surface area contributed by atoms with Crippen LogP contribution in [0.15, 0.2) is 42.7 Å². The number of nitrogens with zero attached hydrogens (tertiary/aromatic N) is 6. The number of piperidine rings is 1. The predicted octanol–water partition coefficient (Wildman–Crippen LogP) is 3.67. The molecule has 1 N–H and O–H groups in total. The molecule has 184 valence electrons. The summed E-state index contributed by atoms with van der Waals surface area (Å²) in [6, 6.07) is 9.65. The molecule has 0 bridgehead atoms. The second-order valence-electron chi connectivity index (χ2n) is 9.23. The number of hydrogen-bond acceptors (Lipinski definition) is 7. The van der Waals surface area contributed by atoms with Crippen LogP contribution in [0, 0.1) is 5.92 Å². The first-order valence-electron chi connectivity index (χ1n) is 12.5. The SMILES string of the molecule is CCN1CCN(C(=O)C2CCN(c3nccc4nc(NCc5ccccc5Cl)ncc34)CC2)CC1. The van der Waals surface area contributed by atoms with Crippen LogP contribution in [-0.4, -0.2) is 76.5 Å². The smallest absolute Gasteiger partial charge is 0.225 e. The van der Waals surface area contributed by atoms with Gasteiger partial charge in [0.15, 0.2) is 0 Å². The monoisotopic (exact) mass is 493 g/mol. The molecule has 3 aromatic rings. The van der Waals surface area contributed by atoms with Crippen molar-refractivity contribution < 1.29 is 4.79 Å². The number of rotatable bonds is 6. The summed E-state index contributed by atoms with van der Waals surface area (Å²) >= 11 is 6.26. The third-order valence-corrected chi connectivity index (χ3v) is 7.53. The van der Waals surface area contributed by atoms with Crippen molar-refractivity contribution in [3.8, 4) is 0 Å². The summed E-state index contributed by atoms with van der Waals surface area (Å²) in [5, 5.41) is 4.91. The molecule has 0 unspecified atom stereocenters. The summed E-state index contributed by atoms with van der Waals surface area (Å²) in [5.41, 5.74) is 1.84. The lowest BCUT2D eigenvalue weighted by atomic mass is 9.94. The fourth-order valence-electron chi connectivity index (χ4n) is 4.98. The number of benzene rings is 1. The molecule has 4 heterocycles. The van der Waals surface area contributed by atoms with Gasteiger partial charge in [-0.25, -0.2) is 15.0 Å². The van der Waals surface area contributed by atoms with Crippen LogP contribution in [0.4, 0.5) is 11.8 Å². The van der Waals surface area contributed by atoms with E-state index in [1.165, 1.54) is 0 Å². The molecule has 2 saturated heterocycles. The van der Waals surface area contributed by atoms with E-state index in [0.29, 0.717) is 18.4 Å². The molecule has 0 atom stereocenters. The van der Waals surface area contributed by atoms with Crippen molar-refractivity contribution in [2.75, 3.05) is 56.0 Å². The lowest BCUT2D eigenvalue weighted by molar-refractivity contribution is -0.137. The Bertz CT molecular complexity index is 1170. The average molecular weight is 494 g/mol. The fourth-order valence-corrected chi connectivity index (χ4v) is 5.18. The lowest BCUT2D eigenvalue weighted by Gasteiger charge is -2.38. The zero-order valence-corrected chi connectivity index (χ0v) is 20.9. The minimum absolute atomic E-state index is 0.103. The number of pyridine rings is 1. The van der Waals surface area contributed by atoms with Crippen LogP contribution in [-0.2, 0) is 11.3 Å². The maximum absolute atomic E-state index is 13.1. The second kappa shape index (κ2) is 10.7. The molecule has 2 aromatic heterocycles. The molecule has 0 saturated carbocycles.